The molecule has 2 aromatic rings. The van der Waals surface area contributed by atoms with Crippen LogP contribution in [0.5, 0.6) is 5.75 Å². The Hall–Kier alpha value is -2.87. The topological polar surface area (TPSA) is 99.6 Å². The van der Waals surface area contributed by atoms with E-state index in [4.69, 9.17) is 9.84 Å². The maximum Gasteiger partial charge on any atom is 0.327 e. The van der Waals surface area contributed by atoms with Gasteiger partial charge in [-0.15, -0.1) is 0 Å². The molecule has 0 aliphatic heterocycles. The van der Waals surface area contributed by atoms with Gasteiger partial charge in [-0.3, -0.25) is 0 Å². The number of hydrogen-bond acceptors (Lipinski definition) is 6. The highest BCUT2D eigenvalue weighted by Crippen LogP contribution is 2.26. The van der Waals surface area contributed by atoms with Gasteiger partial charge < -0.3 is 20.5 Å². The third-order valence-electron chi connectivity index (χ3n) is 3.21. The Labute approximate surface area is 146 Å². The zero-order valence-electron chi connectivity index (χ0n) is 14.6. The lowest BCUT2D eigenvalue weighted by atomic mass is 10.2. The first kappa shape index (κ1) is 18.5. The fourth-order valence-corrected chi connectivity index (χ4v) is 2.13. The second-order valence-electron chi connectivity index (χ2n) is 5.53. The summed E-state index contributed by atoms with van der Waals surface area (Å²) in [6.07, 6.45) is 1.59. The first-order valence-electron chi connectivity index (χ1n) is 7.97. The van der Waals surface area contributed by atoms with Crippen LogP contribution in [0.2, 0.25) is 0 Å². The smallest absolute Gasteiger partial charge is 0.327 e. The molecule has 3 N–H and O–H groups in total. The Morgan fingerprint density at radius 1 is 1.28 bits per heavy atom. The predicted octanol–water partition coefficient (Wildman–Crippen LogP) is 2.15. The fraction of sp³-hybridized carbons (Fsp3) is 0.353. The van der Waals surface area contributed by atoms with E-state index in [-0.39, 0.29) is 19.2 Å². The Balaban J connectivity index is 2.38. The molecule has 2 rings (SSSR count). The van der Waals surface area contributed by atoms with Crippen molar-refractivity contribution in [2.75, 3.05) is 30.5 Å². The summed E-state index contributed by atoms with van der Waals surface area (Å²) < 4.78 is 5.16. The van der Waals surface area contributed by atoms with Crippen molar-refractivity contribution in [1.82, 2.24) is 15.3 Å². The number of hydrogen-bond donors (Lipinski definition) is 3. The summed E-state index contributed by atoms with van der Waals surface area (Å²) in [5.74, 6) is 1.53. The van der Waals surface area contributed by atoms with Gasteiger partial charge in [-0.1, -0.05) is 0 Å². The summed E-state index contributed by atoms with van der Waals surface area (Å²) >= 11 is 0. The molecule has 0 aliphatic carbocycles. The number of amides is 2. The van der Waals surface area contributed by atoms with Crippen LogP contribution in [-0.2, 0) is 0 Å². The highest BCUT2D eigenvalue weighted by molar-refractivity contribution is 5.98. The van der Waals surface area contributed by atoms with E-state index in [1.165, 1.54) is 4.90 Å². The monoisotopic (exact) mass is 345 g/mol. The highest BCUT2D eigenvalue weighted by atomic mass is 16.5. The number of benzene rings is 1. The highest BCUT2D eigenvalue weighted by Gasteiger charge is 2.20. The van der Waals surface area contributed by atoms with Crippen LogP contribution in [0.4, 0.5) is 22.2 Å². The third kappa shape index (κ3) is 5.05. The molecule has 0 bridgehead atoms. The van der Waals surface area contributed by atoms with Gasteiger partial charge in [0.15, 0.2) is 0 Å². The lowest BCUT2D eigenvalue weighted by Gasteiger charge is -2.23. The first-order chi connectivity index (χ1) is 12.0. The summed E-state index contributed by atoms with van der Waals surface area (Å²) in [6.45, 7) is 3.95. The van der Waals surface area contributed by atoms with Crippen molar-refractivity contribution >= 4 is 23.5 Å². The number of rotatable bonds is 7. The van der Waals surface area contributed by atoms with Gasteiger partial charge in [-0.25, -0.2) is 14.7 Å². The molecule has 0 spiro atoms. The Morgan fingerprint density at radius 2 is 2.00 bits per heavy atom. The minimum absolute atomic E-state index is 0.147. The van der Waals surface area contributed by atoms with Gasteiger partial charge in [0.2, 0.25) is 5.95 Å². The van der Waals surface area contributed by atoms with Crippen molar-refractivity contribution in [3.63, 3.8) is 0 Å². The van der Waals surface area contributed by atoms with E-state index in [0.29, 0.717) is 23.2 Å². The molecule has 1 heterocycles. The molecule has 2 amide bonds. The molecule has 1 aromatic carbocycles. The van der Waals surface area contributed by atoms with Gasteiger partial charge in [0.05, 0.1) is 19.4 Å². The predicted molar refractivity (Wildman–Crippen MR) is 96.4 cm³/mol. The SMILES string of the molecule is COc1ccc(N(C(=O)NCCO)c2ccnc(NC(C)C)n2)cc1. The summed E-state index contributed by atoms with van der Waals surface area (Å²) in [6, 6.07) is 8.45. The molecule has 0 saturated heterocycles. The molecule has 0 atom stereocenters. The minimum Gasteiger partial charge on any atom is -0.497 e. The van der Waals surface area contributed by atoms with Gasteiger partial charge in [-0.2, -0.15) is 4.98 Å². The molecule has 0 radical (unpaired) electrons. The summed E-state index contributed by atoms with van der Waals surface area (Å²) in [5.41, 5.74) is 0.616. The number of urea groups is 1. The number of carbonyl (C=O) groups excluding carboxylic acids is 1. The van der Waals surface area contributed by atoms with Crippen LogP contribution in [0.3, 0.4) is 0 Å². The number of methoxy groups -OCH3 is 1. The number of aromatic nitrogens is 2. The molecule has 0 saturated carbocycles. The van der Waals surface area contributed by atoms with E-state index >= 15 is 0 Å². The van der Waals surface area contributed by atoms with Gasteiger partial charge in [0, 0.05) is 24.8 Å². The van der Waals surface area contributed by atoms with E-state index in [9.17, 15) is 4.79 Å². The van der Waals surface area contributed by atoms with Crippen molar-refractivity contribution in [3.8, 4) is 5.75 Å². The molecule has 25 heavy (non-hydrogen) atoms. The third-order valence-corrected chi connectivity index (χ3v) is 3.21. The number of aliphatic hydroxyl groups is 1. The number of anilines is 3. The fourth-order valence-electron chi connectivity index (χ4n) is 2.13. The average Bonchev–Trinajstić information content (AvgIpc) is 2.60. The molecule has 134 valence electrons. The summed E-state index contributed by atoms with van der Waals surface area (Å²) in [4.78, 5) is 22.6. The van der Waals surface area contributed by atoms with Crippen LogP contribution in [0.15, 0.2) is 36.5 Å². The molecule has 8 heteroatoms. The van der Waals surface area contributed by atoms with Crippen LogP contribution in [-0.4, -0.2) is 47.4 Å². The lowest BCUT2D eigenvalue weighted by Crippen LogP contribution is -2.38. The molecular formula is C17H23N5O3. The van der Waals surface area contributed by atoms with E-state index < -0.39 is 6.03 Å². The van der Waals surface area contributed by atoms with Crippen molar-refractivity contribution < 1.29 is 14.6 Å². The van der Waals surface area contributed by atoms with Crippen LogP contribution >= 0.6 is 0 Å². The van der Waals surface area contributed by atoms with E-state index in [2.05, 4.69) is 20.6 Å². The van der Waals surface area contributed by atoms with Crippen molar-refractivity contribution in [2.24, 2.45) is 0 Å². The molecule has 0 unspecified atom stereocenters. The number of nitrogens with one attached hydrogen (secondary N) is 2. The first-order valence-corrected chi connectivity index (χ1v) is 7.97. The second-order valence-corrected chi connectivity index (χ2v) is 5.53. The molecule has 8 nitrogen and oxygen atoms in total. The average molecular weight is 345 g/mol. The Kier molecular flexibility index (Phi) is 6.53. The summed E-state index contributed by atoms with van der Waals surface area (Å²) in [5, 5.41) is 14.7. The Bertz CT molecular complexity index is 691. The number of aliphatic hydroxyl groups excluding tert-OH is 1. The van der Waals surface area contributed by atoms with Crippen LogP contribution < -0.4 is 20.3 Å². The summed E-state index contributed by atoms with van der Waals surface area (Å²) in [7, 11) is 1.58. The van der Waals surface area contributed by atoms with Gasteiger partial charge in [0.25, 0.3) is 0 Å². The second kappa shape index (κ2) is 8.84. The minimum atomic E-state index is -0.395. The van der Waals surface area contributed by atoms with Crippen molar-refractivity contribution in [1.29, 1.82) is 0 Å². The Morgan fingerprint density at radius 3 is 2.60 bits per heavy atom. The maximum atomic E-state index is 12.6. The van der Waals surface area contributed by atoms with Gasteiger partial charge in [-0.05, 0) is 38.1 Å². The van der Waals surface area contributed by atoms with Crippen LogP contribution in [0, 0.1) is 0 Å². The van der Waals surface area contributed by atoms with E-state index in [0.717, 1.165) is 0 Å². The molecule has 0 fully saturated rings. The zero-order valence-corrected chi connectivity index (χ0v) is 14.6. The van der Waals surface area contributed by atoms with Gasteiger partial charge in [0.1, 0.15) is 11.6 Å². The molecular weight excluding hydrogens is 322 g/mol. The van der Waals surface area contributed by atoms with Crippen LogP contribution in [0.1, 0.15) is 13.8 Å². The zero-order chi connectivity index (χ0) is 18.2. The molecule has 0 aliphatic rings. The quantitative estimate of drug-likeness (QED) is 0.711. The lowest BCUT2D eigenvalue weighted by molar-refractivity contribution is 0.241. The number of nitrogens with zero attached hydrogens (tertiary/aromatic N) is 3. The largest absolute Gasteiger partial charge is 0.497 e. The van der Waals surface area contributed by atoms with E-state index in [1.54, 1.807) is 43.6 Å². The van der Waals surface area contributed by atoms with Crippen LogP contribution in [0.25, 0.3) is 0 Å². The standard InChI is InChI=1S/C17H23N5O3/c1-12(2)20-16-18-9-8-15(21-16)22(17(24)19-10-11-23)13-4-6-14(25-3)7-5-13/h4-9,12,23H,10-11H2,1-3H3,(H,19,24)(H,18,20,21). The van der Waals surface area contributed by atoms with E-state index in [1.807, 2.05) is 13.8 Å². The maximum absolute atomic E-state index is 12.6. The number of carbonyl (C=O) groups is 1. The normalized spacial score (nSPS) is 10.4. The molecule has 1 aromatic heterocycles. The van der Waals surface area contributed by atoms with Gasteiger partial charge >= 0.3 is 6.03 Å². The number of ether oxygens (including phenoxy) is 1. The van der Waals surface area contributed by atoms with Crippen molar-refractivity contribution in [2.45, 2.75) is 19.9 Å². The van der Waals surface area contributed by atoms with Crippen molar-refractivity contribution in [3.05, 3.63) is 36.5 Å².